The molecule has 1 fully saturated rings. The smallest absolute Gasteiger partial charge is 0.550 e. The molecule has 1 aliphatic rings. The maximum Gasteiger partial charge on any atom is 1.00 e. The minimum absolute atomic E-state index is 0. The van der Waals surface area contributed by atoms with Crippen LogP contribution in [0.4, 0.5) is 0 Å². The Balaban J connectivity index is 0.000000810. The van der Waals surface area contributed by atoms with Gasteiger partial charge in [-0.2, -0.15) is 0 Å². The summed E-state index contributed by atoms with van der Waals surface area (Å²) in [6.07, 6.45) is 1.50. The van der Waals surface area contributed by atoms with Crippen molar-refractivity contribution in [3.63, 3.8) is 0 Å². The molecule has 0 aromatic carbocycles. The Morgan fingerprint density at radius 2 is 2.20 bits per heavy atom. The van der Waals surface area contributed by atoms with Crippen molar-refractivity contribution >= 4 is 5.97 Å². The van der Waals surface area contributed by atoms with Gasteiger partial charge in [-0.05, 0) is 18.8 Å². The molecule has 1 saturated carbocycles. The van der Waals surface area contributed by atoms with Gasteiger partial charge in [-0.3, -0.25) is 0 Å². The van der Waals surface area contributed by atoms with Crippen molar-refractivity contribution in [2.75, 3.05) is 6.61 Å². The first-order valence-electron chi connectivity index (χ1n) is 3.07. The Morgan fingerprint density at radius 1 is 1.60 bits per heavy atom. The molecule has 0 saturated heterocycles. The molecule has 1 aliphatic carbocycles. The van der Waals surface area contributed by atoms with Crippen LogP contribution in [0.5, 0.6) is 0 Å². The van der Waals surface area contributed by atoms with Crippen LogP contribution in [0, 0.1) is 11.8 Å². The summed E-state index contributed by atoms with van der Waals surface area (Å²) in [5.74, 6) is -1.43. The van der Waals surface area contributed by atoms with Gasteiger partial charge in [0.1, 0.15) is 0 Å². The Morgan fingerprint density at radius 3 is 2.30 bits per heavy atom. The molecule has 0 aromatic heterocycles. The van der Waals surface area contributed by atoms with Crippen LogP contribution in [-0.2, 0) is 4.79 Å². The summed E-state index contributed by atoms with van der Waals surface area (Å²) in [4.78, 5) is 10.1. The molecule has 1 N–H and O–H groups in total. The van der Waals surface area contributed by atoms with Crippen LogP contribution in [0.2, 0.25) is 0 Å². The first kappa shape index (κ1) is 10.4. The van der Waals surface area contributed by atoms with E-state index in [-0.39, 0.29) is 48.0 Å². The standard InChI is InChI=1S/C6H10O3.Na/c7-3-4-1-2-5(4)6(8)9;/h4-5,7H,1-3H2,(H,8,9);/q;+1/p-1/t4-,5-;/m0./s1. The van der Waals surface area contributed by atoms with Gasteiger partial charge in [-0.25, -0.2) is 0 Å². The largest absolute Gasteiger partial charge is 1.00 e. The third-order valence-electron chi connectivity index (χ3n) is 1.95. The molecule has 4 heteroatoms. The van der Waals surface area contributed by atoms with Gasteiger partial charge in [0.05, 0.1) is 0 Å². The first-order valence-corrected chi connectivity index (χ1v) is 3.07. The number of aliphatic hydroxyl groups is 1. The van der Waals surface area contributed by atoms with Crippen LogP contribution in [-0.4, -0.2) is 17.7 Å². The van der Waals surface area contributed by atoms with E-state index >= 15 is 0 Å². The van der Waals surface area contributed by atoms with Crippen LogP contribution in [0.3, 0.4) is 0 Å². The third-order valence-corrected chi connectivity index (χ3v) is 1.95. The molecule has 0 aliphatic heterocycles. The van der Waals surface area contributed by atoms with Crippen LogP contribution in [0.25, 0.3) is 0 Å². The van der Waals surface area contributed by atoms with E-state index in [0.717, 1.165) is 6.42 Å². The van der Waals surface area contributed by atoms with E-state index in [1.807, 2.05) is 0 Å². The molecule has 52 valence electrons. The summed E-state index contributed by atoms with van der Waals surface area (Å²) in [5.41, 5.74) is 0. The Labute approximate surface area is 81.7 Å². The van der Waals surface area contributed by atoms with Crippen molar-refractivity contribution in [1.29, 1.82) is 0 Å². The summed E-state index contributed by atoms with van der Waals surface area (Å²) in [6, 6.07) is 0. The SMILES string of the molecule is O=C([O-])[C@H]1CC[C@H]1CO.[Na+]. The monoisotopic (exact) mass is 152 g/mol. The van der Waals surface area contributed by atoms with Crippen molar-refractivity contribution < 1.29 is 44.6 Å². The summed E-state index contributed by atoms with van der Waals surface area (Å²) in [7, 11) is 0. The summed E-state index contributed by atoms with van der Waals surface area (Å²) >= 11 is 0. The van der Waals surface area contributed by atoms with Gasteiger partial charge in [-0.1, -0.05) is 0 Å². The van der Waals surface area contributed by atoms with E-state index < -0.39 is 5.97 Å². The second kappa shape index (κ2) is 4.34. The van der Waals surface area contributed by atoms with Crippen LogP contribution in [0.15, 0.2) is 0 Å². The van der Waals surface area contributed by atoms with Crippen LogP contribution in [0.1, 0.15) is 12.8 Å². The summed E-state index contributed by atoms with van der Waals surface area (Å²) in [5, 5.41) is 18.6. The minimum Gasteiger partial charge on any atom is -0.550 e. The van der Waals surface area contributed by atoms with Crippen molar-refractivity contribution in [1.82, 2.24) is 0 Å². The average molecular weight is 152 g/mol. The van der Waals surface area contributed by atoms with Crippen molar-refractivity contribution in [3.8, 4) is 0 Å². The van der Waals surface area contributed by atoms with Gasteiger partial charge < -0.3 is 15.0 Å². The van der Waals surface area contributed by atoms with Gasteiger partial charge in [0.2, 0.25) is 0 Å². The van der Waals surface area contributed by atoms with E-state index in [2.05, 4.69) is 0 Å². The second-order valence-corrected chi connectivity index (χ2v) is 2.45. The second-order valence-electron chi connectivity index (χ2n) is 2.45. The number of carbonyl (C=O) groups is 1. The Kier molecular flexibility index (Phi) is 4.52. The zero-order valence-corrected chi connectivity index (χ0v) is 8.04. The zero-order valence-electron chi connectivity index (χ0n) is 6.04. The minimum atomic E-state index is -1.01. The number of hydrogen-bond donors (Lipinski definition) is 1. The van der Waals surface area contributed by atoms with Gasteiger partial charge in [0, 0.05) is 18.5 Å². The normalized spacial score (nSPS) is 30.1. The third kappa shape index (κ3) is 1.95. The molecular weight excluding hydrogens is 143 g/mol. The van der Waals surface area contributed by atoms with E-state index in [9.17, 15) is 9.90 Å². The number of carboxylic acid groups (broad SMARTS) is 1. The average Bonchev–Trinajstić information content (AvgIpc) is 1.61. The van der Waals surface area contributed by atoms with E-state index in [0.29, 0.717) is 6.42 Å². The molecular formula is C6H9NaO3. The summed E-state index contributed by atoms with van der Waals surface area (Å²) < 4.78 is 0. The zero-order chi connectivity index (χ0) is 6.85. The molecule has 3 nitrogen and oxygen atoms in total. The Hall–Kier alpha value is 0.430. The Bertz CT molecular complexity index is 124. The molecule has 0 heterocycles. The van der Waals surface area contributed by atoms with E-state index in [1.54, 1.807) is 0 Å². The van der Waals surface area contributed by atoms with E-state index in [1.165, 1.54) is 0 Å². The fourth-order valence-electron chi connectivity index (χ4n) is 1.10. The molecule has 1 rings (SSSR count). The number of carbonyl (C=O) groups excluding carboxylic acids is 1. The van der Waals surface area contributed by atoms with E-state index in [4.69, 9.17) is 5.11 Å². The number of rotatable bonds is 2. The number of hydrogen-bond acceptors (Lipinski definition) is 3. The molecule has 0 bridgehead atoms. The van der Waals surface area contributed by atoms with Crippen molar-refractivity contribution in [2.45, 2.75) is 12.8 Å². The topological polar surface area (TPSA) is 60.4 Å². The fraction of sp³-hybridized carbons (Fsp3) is 0.833. The van der Waals surface area contributed by atoms with Gasteiger partial charge >= 0.3 is 29.6 Å². The van der Waals surface area contributed by atoms with Gasteiger partial charge in [-0.15, -0.1) is 0 Å². The molecule has 0 radical (unpaired) electrons. The predicted octanol–water partition coefficient (Wildman–Crippen LogP) is -4.24. The van der Waals surface area contributed by atoms with Gasteiger partial charge in [0.15, 0.2) is 0 Å². The summed E-state index contributed by atoms with van der Waals surface area (Å²) in [6.45, 7) is -0.0152. The molecule has 0 aromatic rings. The van der Waals surface area contributed by atoms with Crippen molar-refractivity contribution in [2.24, 2.45) is 11.8 Å². The van der Waals surface area contributed by atoms with Gasteiger partial charge in [0.25, 0.3) is 0 Å². The quantitative estimate of drug-likeness (QED) is 0.408. The fourth-order valence-corrected chi connectivity index (χ4v) is 1.10. The molecule has 0 unspecified atom stereocenters. The number of aliphatic hydroxyl groups excluding tert-OH is 1. The van der Waals surface area contributed by atoms with Crippen molar-refractivity contribution in [3.05, 3.63) is 0 Å². The first-order chi connectivity index (χ1) is 4.25. The molecule has 10 heavy (non-hydrogen) atoms. The number of aliphatic carboxylic acids is 1. The molecule has 2 atom stereocenters. The number of carboxylic acids is 1. The van der Waals surface area contributed by atoms with Crippen LogP contribution < -0.4 is 34.7 Å². The molecule has 0 spiro atoms. The maximum absolute atomic E-state index is 10.1. The predicted molar refractivity (Wildman–Crippen MR) is 28.3 cm³/mol. The maximum atomic E-state index is 10.1. The molecule has 0 amide bonds. The van der Waals surface area contributed by atoms with Crippen LogP contribution >= 0.6 is 0 Å².